The summed E-state index contributed by atoms with van der Waals surface area (Å²) in [4.78, 5) is 0. The van der Waals surface area contributed by atoms with Crippen LogP contribution < -0.4 is 0 Å². The van der Waals surface area contributed by atoms with Crippen LogP contribution in [0.15, 0.2) is 0 Å². The molecule has 0 aliphatic heterocycles. The molecule has 0 amide bonds. The highest BCUT2D eigenvalue weighted by Gasteiger charge is 2.47. The van der Waals surface area contributed by atoms with Gasteiger partial charge >= 0.3 is 0 Å². The maximum atomic E-state index is 2.45. The SMILES string of the molecule is CC1CC1(C)CCC(C)(C)C(C)(C)C. The van der Waals surface area contributed by atoms with E-state index >= 15 is 0 Å². The highest BCUT2D eigenvalue weighted by Crippen LogP contribution is 2.57. The summed E-state index contributed by atoms with van der Waals surface area (Å²) in [6, 6.07) is 0. The van der Waals surface area contributed by atoms with Crippen LogP contribution in [-0.2, 0) is 0 Å². The molecule has 0 aromatic carbocycles. The van der Waals surface area contributed by atoms with E-state index in [2.05, 4.69) is 48.5 Å². The van der Waals surface area contributed by atoms with Gasteiger partial charge in [-0.1, -0.05) is 48.5 Å². The van der Waals surface area contributed by atoms with Crippen molar-refractivity contribution < 1.29 is 0 Å². The molecule has 1 saturated carbocycles. The average Bonchev–Trinajstić information content (AvgIpc) is 2.55. The van der Waals surface area contributed by atoms with Crippen molar-refractivity contribution in [1.29, 1.82) is 0 Å². The van der Waals surface area contributed by atoms with Crippen LogP contribution in [0.25, 0.3) is 0 Å². The fourth-order valence-corrected chi connectivity index (χ4v) is 1.96. The van der Waals surface area contributed by atoms with Crippen molar-refractivity contribution >= 4 is 0 Å². The van der Waals surface area contributed by atoms with E-state index in [4.69, 9.17) is 0 Å². The molecule has 0 N–H and O–H groups in total. The molecule has 0 heterocycles. The lowest BCUT2D eigenvalue weighted by molar-refractivity contribution is 0.107. The number of rotatable bonds is 3. The first-order valence-corrected chi connectivity index (χ1v) is 6.08. The van der Waals surface area contributed by atoms with Crippen LogP contribution >= 0.6 is 0 Å². The standard InChI is InChI=1S/C14H28/c1-11-10-14(11,7)9-8-13(5,6)12(2,3)4/h11H,8-10H2,1-7H3. The van der Waals surface area contributed by atoms with E-state index in [9.17, 15) is 0 Å². The second-order valence-corrected chi connectivity index (χ2v) is 7.39. The molecular formula is C14H28. The van der Waals surface area contributed by atoms with E-state index < -0.39 is 0 Å². The summed E-state index contributed by atoms with van der Waals surface area (Å²) in [5.41, 5.74) is 1.59. The minimum atomic E-state index is 0.432. The van der Waals surface area contributed by atoms with Crippen molar-refractivity contribution in [1.82, 2.24) is 0 Å². The smallest absolute Gasteiger partial charge is 0.0297 e. The van der Waals surface area contributed by atoms with E-state index in [1.807, 2.05) is 0 Å². The van der Waals surface area contributed by atoms with E-state index in [1.165, 1.54) is 19.3 Å². The third-order valence-electron chi connectivity index (χ3n) is 5.15. The zero-order valence-corrected chi connectivity index (χ0v) is 11.2. The largest absolute Gasteiger partial charge is 0.0620 e. The Bertz CT molecular complexity index is 207. The normalized spacial score (nSPS) is 33.2. The molecule has 2 atom stereocenters. The Kier molecular flexibility index (Phi) is 2.80. The van der Waals surface area contributed by atoms with Crippen LogP contribution in [0.1, 0.15) is 67.7 Å². The molecule has 0 spiro atoms. The molecule has 1 aliphatic rings. The van der Waals surface area contributed by atoms with E-state index in [-0.39, 0.29) is 0 Å². The van der Waals surface area contributed by atoms with Crippen molar-refractivity contribution in [2.75, 3.05) is 0 Å². The van der Waals surface area contributed by atoms with Gasteiger partial charge < -0.3 is 0 Å². The fraction of sp³-hybridized carbons (Fsp3) is 1.00. The van der Waals surface area contributed by atoms with Crippen molar-refractivity contribution in [2.24, 2.45) is 22.2 Å². The molecule has 0 nitrogen and oxygen atoms in total. The lowest BCUT2D eigenvalue weighted by Crippen LogP contribution is -2.30. The Morgan fingerprint density at radius 1 is 1.14 bits per heavy atom. The second-order valence-electron chi connectivity index (χ2n) is 7.39. The third kappa shape index (κ3) is 2.32. The van der Waals surface area contributed by atoms with Crippen LogP contribution in [0.4, 0.5) is 0 Å². The average molecular weight is 196 g/mol. The highest BCUT2D eigenvalue weighted by atomic mass is 14.5. The lowest BCUT2D eigenvalue weighted by atomic mass is 9.66. The molecule has 0 aromatic heterocycles. The Balaban J connectivity index is 2.45. The maximum Gasteiger partial charge on any atom is -0.0297 e. The van der Waals surface area contributed by atoms with Crippen molar-refractivity contribution in [2.45, 2.75) is 67.7 Å². The topological polar surface area (TPSA) is 0 Å². The molecule has 2 unspecified atom stereocenters. The molecule has 0 radical (unpaired) electrons. The molecular weight excluding hydrogens is 168 g/mol. The summed E-state index contributed by atoms with van der Waals surface area (Å²) in [6.45, 7) is 16.8. The van der Waals surface area contributed by atoms with Gasteiger partial charge in [-0.25, -0.2) is 0 Å². The molecule has 1 aliphatic carbocycles. The maximum absolute atomic E-state index is 2.45. The van der Waals surface area contributed by atoms with Gasteiger partial charge in [-0.3, -0.25) is 0 Å². The Labute approximate surface area is 90.5 Å². The van der Waals surface area contributed by atoms with Crippen molar-refractivity contribution in [3.05, 3.63) is 0 Å². The van der Waals surface area contributed by atoms with Crippen LogP contribution in [-0.4, -0.2) is 0 Å². The first-order chi connectivity index (χ1) is 6.08. The van der Waals surface area contributed by atoms with Crippen LogP contribution in [0.3, 0.4) is 0 Å². The molecule has 14 heavy (non-hydrogen) atoms. The van der Waals surface area contributed by atoms with Gasteiger partial charge in [-0.2, -0.15) is 0 Å². The summed E-state index contributed by atoms with van der Waals surface area (Å²) >= 11 is 0. The first kappa shape index (κ1) is 12.1. The zero-order valence-electron chi connectivity index (χ0n) is 11.2. The summed E-state index contributed by atoms with van der Waals surface area (Å²) in [6.07, 6.45) is 4.24. The van der Waals surface area contributed by atoms with Gasteiger partial charge in [0.15, 0.2) is 0 Å². The zero-order chi connectivity index (χ0) is 11.2. The predicted octanol–water partition coefficient (Wildman–Crippen LogP) is 4.89. The first-order valence-electron chi connectivity index (χ1n) is 6.08. The lowest BCUT2D eigenvalue weighted by Gasteiger charge is -2.39. The minimum absolute atomic E-state index is 0.432. The Hall–Kier alpha value is 0. The van der Waals surface area contributed by atoms with Crippen LogP contribution in [0.2, 0.25) is 0 Å². The fourth-order valence-electron chi connectivity index (χ4n) is 1.96. The molecule has 84 valence electrons. The van der Waals surface area contributed by atoms with Gasteiger partial charge in [0.25, 0.3) is 0 Å². The highest BCUT2D eigenvalue weighted by molar-refractivity contribution is 4.97. The van der Waals surface area contributed by atoms with Crippen molar-refractivity contribution in [3.63, 3.8) is 0 Å². The van der Waals surface area contributed by atoms with Gasteiger partial charge in [0.05, 0.1) is 0 Å². The minimum Gasteiger partial charge on any atom is -0.0620 e. The van der Waals surface area contributed by atoms with Gasteiger partial charge in [0, 0.05) is 0 Å². The molecule has 0 saturated heterocycles. The molecule has 0 heteroatoms. The number of hydrogen-bond donors (Lipinski definition) is 0. The summed E-state index contributed by atoms with van der Waals surface area (Å²) in [5.74, 6) is 0.971. The van der Waals surface area contributed by atoms with E-state index in [1.54, 1.807) is 0 Å². The summed E-state index contributed by atoms with van der Waals surface area (Å²) in [5, 5.41) is 0. The van der Waals surface area contributed by atoms with Crippen molar-refractivity contribution in [3.8, 4) is 0 Å². The molecule has 1 rings (SSSR count). The Morgan fingerprint density at radius 2 is 1.57 bits per heavy atom. The predicted molar refractivity (Wildman–Crippen MR) is 64.4 cm³/mol. The van der Waals surface area contributed by atoms with Crippen LogP contribution in [0.5, 0.6) is 0 Å². The van der Waals surface area contributed by atoms with Gasteiger partial charge in [-0.15, -0.1) is 0 Å². The summed E-state index contributed by atoms with van der Waals surface area (Å²) < 4.78 is 0. The second kappa shape index (κ2) is 3.25. The molecule has 0 aromatic rings. The third-order valence-corrected chi connectivity index (χ3v) is 5.15. The number of hydrogen-bond acceptors (Lipinski definition) is 0. The quantitative estimate of drug-likeness (QED) is 0.603. The monoisotopic (exact) mass is 196 g/mol. The van der Waals surface area contributed by atoms with Gasteiger partial charge in [0.2, 0.25) is 0 Å². The van der Waals surface area contributed by atoms with Gasteiger partial charge in [-0.05, 0) is 41.4 Å². The van der Waals surface area contributed by atoms with Gasteiger partial charge in [0.1, 0.15) is 0 Å². The van der Waals surface area contributed by atoms with E-state index in [0.29, 0.717) is 16.2 Å². The molecule has 1 fully saturated rings. The van der Waals surface area contributed by atoms with Crippen LogP contribution in [0, 0.1) is 22.2 Å². The Morgan fingerprint density at radius 3 is 1.86 bits per heavy atom. The molecule has 0 bridgehead atoms. The summed E-state index contributed by atoms with van der Waals surface area (Å²) in [7, 11) is 0. The van der Waals surface area contributed by atoms with E-state index in [0.717, 1.165) is 5.92 Å².